The Bertz CT molecular complexity index is 859. The van der Waals surface area contributed by atoms with Crippen LogP contribution in [0.25, 0.3) is 6.08 Å². The molecule has 1 aromatic heterocycles. The number of ether oxygens (including phenoxy) is 1. The molecule has 1 heterocycles. The first kappa shape index (κ1) is 19.7. The number of nitrogens with zero attached hydrogens (tertiary/aromatic N) is 1. The third-order valence-corrected chi connectivity index (χ3v) is 5.06. The van der Waals surface area contributed by atoms with Gasteiger partial charge in [-0.1, -0.05) is 17.3 Å². The molecule has 2 N–H and O–H groups in total. The van der Waals surface area contributed by atoms with E-state index in [1.165, 1.54) is 6.08 Å². The third kappa shape index (κ3) is 4.79. The molecule has 0 bridgehead atoms. The minimum absolute atomic E-state index is 0.0379. The number of hydrogen-bond donors (Lipinski definition) is 2. The number of carbonyl (C=O) groups excluding carboxylic acids is 1. The Hall–Kier alpha value is -3.09. The van der Waals surface area contributed by atoms with Gasteiger partial charge in [0.1, 0.15) is 18.1 Å². The zero-order valence-electron chi connectivity index (χ0n) is 16.0. The van der Waals surface area contributed by atoms with Crippen molar-refractivity contribution in [2.45, 2.75) is 51.7 Å². The Balaban J connectivity index is 1.53. The number of amides is 1. The molecule has 0 aliphatic heterocycles. The zero-order valence-corrected chi connectivity index (χ0v) is 16.0. The van der Waals surface area contributed by atoms with Gasteiger partial charge in [-0.25, -0.2) is 0 Å². The van der Waals surface area contributed by atoms with Crippen molar-refractivity contribution >= 4 is 18.0 Å². The maximum absolute atomic E-state index is 12.1. The van der Waals surface area contributed by atoms with Crippen molar-refractivity contribution in [3.63, 3.8) is 0 Å². The van der Waals surface area contributed by atoms with E-state index in [4.69, 9.17) is 14.4 Å². The Morgan fingerprint density at radius 2 is 2.00 bits per heavy atom. The van der Waals surface area contributed by atoms with Gasteiger partial charge in [0, 0.05) is 6.08 Å². The SMILES string of the molecule is Cc1noc(C)c1COc1ccc(C=CC(=O)NC2(CC(=O)O)CCC2)cc1. The van der Waals surface area contributed by atoms with Crippen molar-refractivity contribution in [1.29, 1.82) is 0 Å². The summed E-state index contributed by atoms with van der Waals surface area (Å²) in [5.41, 5.74) is 2.01. The van der Waals surface area contributed by atoms with Gasteiger partial charge in [0.05, 0.1) is 23.2 Å². The summed E-state index contributed by atoms with van der Waals surface area (Å²) in [6.07, 6.45) is 5.44. The highest BCUT2D eigenvalue weighted by atomic mass is 16.5. The molecule has 1 aromatic carbocycles. The van der Waals surface area contributed by atoms with E-state index in [9.17, 15) is 9.59 Å². The van der Waals surface area contributed by atoms with Gasteiger partial charge in [0.2, 0.25) is 5.91 Å². The lowest BCUT2D eigenvalue weighted by atomic mass is 9.74. The Morgan fingerprint density at radius 3 is 2.54 bits per heavy atom. The summed E-state index contributed by atoms with van der Waals surface area (Å²) in [4.78, 5) is 23.1. The summed E-state index contributed by atoms with van der Waals surface area (Å²) in [6.45, 7) is 4.10. The van der Waals surface area contributed by atoms with Crippen LogP contribution in [0, 0.1) is 13.8 Å². The fourth-order valence-corrected chi connectivity index (χ4v) is 3.25. The normalized spacial score (nSPS) is 15.2. The lowest BCUT2D eigenvalue weighted by Crippen LogP contribution is -2.54. The predicted molar refractivity (Wildman–Crippen MR) is 103 cm³/mol. The highest BCUT2D eigenvalue weighted by Crippen LogP contribution is 2.34. The molecule has 7 heteroatoms. The number of nitrogens with one attached hydrogen (secondary N) is 1. The van der Waals surface area contributed by atoms with Crippen LogP contribution < -0.4 is 10.1 Å². The maximum atomic E-state index is 12.1. The summed E-state index contributed by atoms with van der Waals surface area (Å²) in [7, 11) is 0. The van der Waals surface area contributed by atoms with E-state index in [2.05, 4.69) is 10.5 Å². The molecule has 1 amide bonds. The monoisotopic (exact) mass is 384 g/mol. The van der Waals surface area contributed by atoms with E-state index in [-0.39, 0.29) is 12.3 Å². The van der Waals surface area contributed by atoms with Gasteiger partial charge in [-0.05, 0) is 56.9 Å². The van der Waals surface area contributed by atoms with E-state index in [1.54, 1.807) is 6.08 Å². The Kier molecular flexibility index (Phi) is 5.82. The summed E-state index contributed by atoms with van der Waals surface area (Å²) >= 11 is 0. The minimum Gasteiger partial charge on any atom is -0.489 e. The molecule has 1 aliphatic rings. The van der Waals surface area contributed by atoms with E-state index in [1.807, 2.05) is 38.1 Å². The van der Waals surface area contributed by atoms with Crippen molar-refractivity contribution in [3.8, 4) is 5.75 Å². The molecule has 0 saturated heterocycles. The van der Waals surface area contributed by atoms with Crippen LogP contribution in [0.4, 0.5) is 0 Å². The van der Waals surface area contributed by atoms with Crippen LogP contribution in [-0.2, 0) is 16.2 Å². The number of carboxylic acids is 1. The number of aromatic nitrogens is 1. The van der Waals surface area contributed by atoms with Crippen LogP contribution >= 0.6 is 0 Å². The molecular formula is C21H24N2O5. The molecular weight excluding hydrogens is 360 g/mol. The third-order valence-electron chi connectivity index (χ3n) is 5.06. The topological polar surface area (TPSA) is 102 Å². The summed E-state index contributed by atoms with van der Waals surface area (Å²) in [5.74, 6) is 0.280. The number of benzene rings is 1. The van der Waals surface area contributed by atoms with E-state index >= 15 is 0 Å². The highest BCUT2D eigenvalue weighted by Gasteiger charge is 2.39. The number of carboxylic acid groups (broad SMARTS) is 1. The van der Waals surface area contributed by atoms with Gasteiger partial charge in [0.15, 0.2) is 0 Å². The minimum atomic E-state index is -0.892. The van der Waals surface area contributed by atoms with Gasteiger partial charge in [-0.2, -0.15) is 0 Å². The fraction of sp³-hybridized carbons (Fsp3) is 0.381. The first-order chi connectivity index (χ1) is 13.4. The second-order valence-electron chi connectivity index (χ2n) is 7.19. The van der Waals surface area contributed by atoms with Crippen molar-refractivity contribution < 1.29 is 24.0 Å². The van der Waals surface area contributed by atoms with Crippen LogP contribution in [0.15, 0.2) is 34.9 Å². The average Bonchev–Trinajstić information content (AvgIpc) is 2.95. The first-order valence-corrected chi connectivity index (χ1v) is 9.23. The van der Waals surface area contributed by atoms with E-state index in [0.29, 0.717) is 25.2 Å². The van der Waals surface area contributed by atoms with Crippen LogP contribution in [0.1, 0.15) is 48.3 Å². The average molecular weight is 384 g/mol. The van der Waals surface area contributed by atoms with Gasteiger partial charge in [-0.15, -0.1) is 0 Å². The lowest BCUT2D eigenvalue weighted by molar-refractivity contribution is -0.140. The number of rotatable bonds is 8. The Morgan fingerprint density at radius 1 is 1.29 bits per heavy atom. The quantitative estimate of drug-likeness (QED) is 0.677. The maximum Gasteiger partial charge on any atom is 0.305 e. The molecule has 0 unspecified atom stereocenters. The van der Waals surface area contributed by atoms with Crippen LogP contribution in [0.2, 0.25) is 0 Å². The van der Waals surface area contributed by atoms with Crippen molar-refractivity contribution in [2.75, 3.05) is 0 Å². The predicted octanol–water partition coefficient (Wildman–Crippen LogP) is 3.40. The van der Waals surface area contributed by atoms with Gasteiger partial charge in [-0.3, -0.25) is 9.59 Å². The van der Waals surface area contributed by atoms with Gasteiger partial charge in [0.25, 0.3) is 0 Å². The molecule has 3 rings (SSSR count). The zero-order chi connectivity index (χ0) is 20.1. The molecule has 1 fully saturated rings. The van der Waals surface area contributed by atoms with Crippen molar-refractivity contribution in [3.05, 3.63) is 52.9 Å². The standard InChI is InChI=1S/C21H24N2O5/c1-14-18(15(2)28-23-14)13-27-17-7-4-16(5-8-17)6-9-19(24)22-21(10-3-11-21)12-20(25)26/h4-9H,3,10-13H2,1-2H3,(H,22,24)(H,25,26). The van der Waals surface area contributed by atoms with Crippen LogP contribution in [0.5, 0.6) is 5.75 Å². The van der Waals surface area contributed by atoms with Crippen LogP contribution in [-0.4, -0.2) is 27.7 Å². The summed E-state index contributed by atoms with van der Waals surface area (Å²) in [5, 5.41) is 15.7. The van der Waals surface area contributed by atoms with Crippen LogP contribution in [0.3, 0.4) is 0 Å². The highest BCUT2D eigenvalue weighted by molar-refractivity contribution is 5.92. The number of aryl methyl sites for hydroxylation is 2. The first-order valence-electron chi connectivity index (χ1n) is 9.23. The molecule has 0 radical (unpaired) electrons. The molecule has 7 nitrogen and oxygen atoms in total. The molecule has 148 valence electrons. The lowest BCUT2D eigenvalue weighted by Gasteiger charge is -2.41. The molecule has 2 aromatic rings. The molecule has 0 spiro atoms. The number of hydrogen-bond acceptors (Lipinski definition) is 5. The second-order valence-corrected chi connectivity index (χ2v) is 7.19. The Labute approximate surface area is 163 Å². The van der Waals surface area contributed by atoms with Crippen molar-refractivity contribution in [1.82, 2.24) is 10.5 Å². The molecule has 1 aliphatic carbocycles. The number of carbonyl (C=O) groups is 2. The van der Waals surface area contributed by atoms with Gasteiger partial charge >= 0.3 is 5.97 Å². The summed E-state index contributed by atoms with van der Waals surface area (Å²) in [6, 6.07) is 7.35. The molecule has 1 saturated carbocycles. The smallest absolute Gasteiger partial charge is 0.305 e. The fourth-order valence-electron chi connectivity index (χ4n) is 3.25. The largest absolute Gasteiger partial charge is 0.489 e. The second kappa shape index (κ2) is 8.29. The number of aliphatic carboxylic acids is 1. The van der Waals surface area contributed by atoms with E-state index in [0.717, 1.165) is 29.0 Å². The molecule has 28 heavy (non-hydrogen) atoms. The van der Waals surface area contributed by atoms with Crippen molar-refractivity contribution in [2.24, 2.45) is 0 Å². The molecule has 0 atom stereocenters. The summed E-state index contributed by atoms with van der Waals surface area (Å²) < 4.78 is 10.9. The van der Waals surface area contributed by atoms with E-state index < -0.39 is 11.5 Å². The van der Waals surface area contributed by atoms with Gasteiger partial charge < -0.3 is 19.7 Å².